The monoisotopic (exact) mass is 208 g/mol. The van der Waals surface area contributed by atoms with Crippen LogP contribution in [-0.2, 0) is 4.79 Å². The van der Waals surface area contributed by atoms with E-state index in [1.807, 2.05) is 0 Å². The van der Waals surface area contributed by atoms with Crippen LogP contribution < -0.4 is 0 Å². The normalized spacial score (nSPS) is 10.1. The molecule has 0 fully saturated rings. The summed E-state index contributed by atoms with van der Waals surface area (Å²) in [6.07, 6.45) is 0.367. The maximum Gasteiger partial charge on any atom is 0.163 e. The molecule has 0 radical (unpaired) electrons. The van der Waals surface area contributed by atoms with Gasteiger partial charge in [-0.25, -0.2) is 4.39 Å². The second-order valence-electron chi connectivity index (χ2n) is 3.59. The van der Waals surface area contributed by atoms with E-state index in [1.165, 1.54) is 13.0 Å². The molecule has 0 N–H and O–H groups in total. The Labute approximate surface area is 88.1 Å². The van der Waals surface area contributed by atoms with Gasteiger partial charge in [-0.2, -0.15) is 0 Å². The second kappa shape index (κ2) is 4.82. The molecular formula is C12H13FO2. The van der Waals surface area contributed by atoms with Crippen LogP contribution in [-0.4, -0.2) is 11.6 Å². The molecule has 0 atom stereocenters. The molecule has 0 aromatic heterocycles. The summed E-state index contributed by atoms with van der Waals surface area (Å²) in [6, 6.07) is 4.37. The van der Waals surface area contributed by atoms with Gasteiger partial charge in [-0.3, -0.25) is 4.79 Å². The highest BCUT2D eigenvalue weighted by Crippen LogP contribution is 2.11. The number of halogens is 1. The summed E-state index contributed by atoms with van der Waals surface area (Å²) >= 11 is 0. The van der Waals surface area contributed by atoms with Crippen LogP contribution >= 0.6 is 0 Å². The Bertz CT molecular complexity index is 397. The van der Waals surface area contributed by atoms with Crippen LogP contribution in [0.2, 0.25) is 0 Å². The molecule has 0 saturated carbocycles. The molecule has 1 aromatic carbocycles. The average molecular weight is 208 g/mol. The first-order chi connectivity index (χ1) is 7.00. The van der Waals surface area contributed by atoms with E-state index in [0.29, 0.717) is 11.1 Å². The minimum atomic E-state index is -0.385. The van der Waals surface area contributed by atoms with E-state index in [9.17, 15) is 14.0 Å². The lowest BCUT2D eigenvalue weighted by Crippen LogP contribution is -2.03. The maximum atomic E-state index is 13.1. The van der Waals surface area contributed by atoms with Gasteiger partial charge in [-0.1, -0.05) is 12.1 Å². The van der Waals surface area contributed by atoms with Gasteiger partial charge < -0.3 is 4.79 Å². The third-order valence-electron chi connectivity index (χ3n) is 2.20. The molecule has 3 heteroatoms. The van der Waals surface area contributed by atoms with E-state index in [0.717, 1.165) is 0 Å². The highest BCUT2D eigenvalue weighted by atomic mass is 19.1. The molecule has 15 heavy (non-hydrogen) atoms. The number of Topliss-reactive ketones (excluding diaryl/α,β-unsaturated/α-hetero) is 2. The van der Waals surface area contributed by atoms with Gasteiger partial charge in [0.1, 0.15) is 11.6 Å². The van der Waals surface area contributed by atoms with Crippen molar-refractivity contribution in [1.29, 1.82) is 0 Å². The fourth-order valence-corrected chi connectivity index (χ4v) is 1.20. The van der Waals surface area contributed by atoms with Crippen LogP contribution in [0.5, 0.6) is 0 Å². The zero-order chi connectivity index (χ0) is 11.4. The molecule has 2 nitrogen and oxygen atoms in total. The summed E-state index contributed by atoms with van der Waals surface area (Å²) < 4.78 is 13.1. The molecule has 0 spiro atoms. The molecule has 0 unspecified atom stereocenters. The standard InChI is InChI=1S/C12H13FO2/c1-8-3-5-10(7-11(8)13)12(15)6-4-9(2)14/h3,5,7H,4,6H2,1-2H3. The number of benzene rings is 1. The van der Waals surface area contributed by atoms with E-state index < -0.39 is 0 Å². The van der Waals surface area contributed by atoms with E-state index in [1.54, 1.807) is 19.1 Å². The summed E-state index contributed by atoms with van der Waals surface area (Å²) in [5.74, 6) is -0.608. The summed E-state index contributed by atoms with van der Waals surface area (Å²) in [6.45, 7) is 3.07. The fourth-order valence-electron chi connectivity index (χ4n) is 1.20. The van der Waals surface area contributed by atoms with Crippen molar-refractivity contribution in [2.75, 3.05) is 0 Å². The van der Waals surface area contributed by atoms with E-state index in [2.05, 4.69) is 0 Å². The smallest absolute Gasteiger partial charge is 0.163 e. The Kier molecular flexibility index (Phi) is 3.72. The molecular weight excluding hydrogens is 195 g/mol. The van der Waals surface area contributed by atoms with Gasteiger partial charge in [0.05, 0.1) is 0 Å². The molecule has 0 bridgehead atoms. The highest BCUT2D eigenvalue weighted by molar-refractivity contribution is 5.97. The van der Waals surface area contributed by atoms with E-state index >= 15 is 0 Å². The van der Waals surface area contributed by atoms with Crippen molar-refractivity contribution in [2.45, 2.75) is 26.7 Å². The lowest BCUT2D eigenvalue weighted by molar-refractivity contribution is -0.116. The summed E-state index contributed by atoms with van der Waals surface area (Å²) in [7, 11) is 0. The van der Waals surface area contributed by atoms with Gasteiger partial charge in [-0.15, -0.1) is 0 Å². The highest BCUT2D eigenvalue weighted by Gasteiger charge is 2.08. The topological polar surface area (TPSA) is 34.1 Å². The van der Waals surface area contributed by atoms with Gasteiger partial charge in [0.15, 0.2) is 5.78 Å². The van der Waals surface area contributed by atoms with Crippen LogP contribution in [0.15, 0.2) is 18.2 Å². The van der Waals surface area contributed by atoms with Crippen molar-refractivity contribution < 1.29 is 14.0 Å². The maximum absolute atomic E-state index is 13.1. The van der Waals surface area contributed by atoms with Crippen molar-refractivity contribution >= 4 is 11.6 Å². The number of carbonyl (C=O) groups is 2. The summed E-state index contributed by atoms with van der Waals surface area (Å²) in [5, 5.41) is 0. The first-order valence-electron chi connectivity index (χ1n) is 4.79. The molecule has 1 rings (SSSR count). The average Bonchev–Trinajstić information content (AvgIpc) is 2.18. The molecule has 0 amide bonds. The Balaban J connectivity index is 2.74. The van der Waals surface area contributed by atoms with Crippen LogP contribution in [0, 0.1) is 12.7 Å². The summed E-state index contributed by atoms with van der Waals surface area (Å²) in [5.41, 5.74) is 0.845. The van der Waals surface area contributed by atoms with E-state index in [-0.39, 0.29) is 30.2 Å². The molecule has 0 saturated heterocycles. The third-order valence-corrected chi connectivity index (χ3v) is 2.20. The molecule has 0 heterocycles. The van der Waals surface area contributed by atoms with Crippen molar-refractivity contribution in [1.82, 2.24) is 0 Å². The number of ketones is 2. The van der Waals surface area contributed by atoms with Gasteiger partial charge in [0, 0.05) is 18.4 Å². The van der Waals surface area contributed by atoms with Crippen LogP contribution in [0.1, 0.15) is 35.7 Å². The third kappa shape index (κ3) is 3.27. The Morgan fingerprint density at radius 2 is 1.93 bits per heavy atom. The summed E-state index contributed by atoms with van der Waals surface area (Å²) in [4.78, 5) is 22.2. The van der Waals surface area contributed by atoms with Crippen LogP contribution in [0.4, 0.5) is 4.39 Å². The zero-order valence-corrected chi connectivity index (χ0v) is 8.84. The first kappa shape index (κ1) is 11.6. The zero-order valence-electron chi connectivity index (χ0n) is 8.84. The molecule has 80 valence electrons. The van der Waals surface area contributed by atoms with Crippen molar-refractivity contribution in [3.63, 3.8) is 0 Å². The largest absolute Gasteiger partial charge is 0.300 e. The van der Waals surface area contributed by atoms with Gasteiger partial charge in [0.25, 0.3) is 0 Å². The Morgan fingerprint density at radius 3 is 2.47 bits per heavy atom. The fraction of sp³-hybridized carbons (Fsp3) is 0.333. The van der Waals surface area contributed by atoms with Crippen LogP contribution in [0.3, 0.4) is 0 Å². The lowest BCUT2D eigenvalue weighted by atomic mass is 10.0. The number of carbonyl (C=O) groups excluding carboxylic acids is 2. The number of hydrogen-bond acceptors (Lipinski definition) is 2. The van der Waals surface area contributed by atoms with Gasteiger partial charge in [-0.05, 0) is 25.5 Å². The Morgan fingerprint density at radius 1 is 1.27 bits per heavy atom. The number of hydrogen-bond donors (Lipinski definition) is 0. The minimum absolute atomic E-state index is 0.0315. The molecule has 0 aliphatic rings. The Hall–Kier alpha value is -1.51. The minimum Gasteiger partial charge on any atom is -0.300 e. The van der Waals surface area contributed by atoms with Crippen molar-refractivity contribution in [3.05, 3.63) is 35.1 Å². The first-order valence-corrected chi connectivity index (χ1v) is 4.79. The van der Waals surface area contributed by atoms with Gasteiger partial charge >= 0.3 is 0 Å². The van der Waals surface area contributed by atoms with Gasteiger partial charge in [0.2, 0.25) is 0 Å². The van der Waals surface area contributed by atoms with Crippen LogP contribution in [0.25, 0.3) is 0 Å². The predicted molar refractivity (Wildman–Crippen MR) is 55.4 cm³/mol. The quantitative estimate of drug-likeness (QED) is 0.713. The number of rotatable bonds is 4. The molecule has 1 aromatic rings. The molecule has 0 aliphatic carbocycles. The second-order valence-corrected chi connectivity index (χ2v) is 3.59. The van der Waals surface area contributed by atoms with Crippen molar-refractivity contribution in [2.24, 2.45) is 0 Å². The molecule has 0 aliphatic heterocycles. The predicted octanol–water partition coefficient (Wildman–Crippen LogP) is 2.69. The SMILES string of the molecule is CC(=O)CCC(=O)c1ccc(C)c(F)c1. The number of aryl methyl sites for hydroxylation is 1. The lowest BCUT2D eigenvalue weighted by Gasteiger charge is -2.01. The van der Waals surface area contributed by atoms with Crippen molar-refractivity contribution in [3.8, 4) is 0 Å². The van der Waals surface area contributed by atoms with E-state index in [4.69, 9.17) is 0 Å².